The number of imidazole rings is 1. The number of aromatic nitrogens is 2. The van der Waals surface area contributed by atoms with Gasteiger partial charge in [-0.05, 0) is 31.2 Å². The van der Waals surface area contributed by atoms with Crippen LogP contribution in [0.2, 0.25) is 0 Å². The standard InChI is InChI=1S/C22H28N4O2/c27-20(25-11-4-5-12-25)19-17-26-15-10-23-21(26)22(28-19)8-13-24(14-9-22)16-18-6-2-1-3-7-18/h1-3,6-7,10,15,19H,4-5,8-9,11-14,16-17H2. The van der Waals surface area contributed by atoms with Crippen molar-refractivity contribution in [2.45, 2.75) is 50.5 Å². The molecule has 3 aliphatic rings. The first-order valence-corrected chi connectivity index (χ1v) is 10.5. The highest BCUT2D eigenvalue weighted by Gasteiger charge is 2.47. The molecule has 0 aliphatic carbocycles. The summed E-state index contributed by atoms with van der Waals surface area (Å²) < 4.78 is 8.72. The second kappa shape index (κ2) is 7.33. The third kappa shape index (κ3) is 3.25. The van der Waals surface area contributed by atoms with E-state index in [4.69, 9.17) is 4.74 Å². The van der Waals surface area contributed by atoms with E-state index in [1.807, 2.05) is 17.3 Å². The molecule has 4 heterocycles. The van der Waals surface area contributed by atoms with E-state index in [1.165, 1.54) is 5.56 Å². The molecule has 148 valence electrons. The second-order valence-electron chi connectivity index (χ2n) is 8.30. The van der Waals surface area contributed by atoms with Crippen LogP contribution in [0.3, 0.4) is 0 Å². The van der Waals surface area contributed by atoms with Crippen LogP contribution in [-0.4, -0.2) is 57.5 Å². The summed E-state index contributed by atoms with van der Waals surface area (Å²) in [6.07, 6.45) is 7.42. The highest BCUT2D eigenvalue weighted by Crippen LogP contribution is 2.40. The summed E-state index contributed by atoms with van der Waals surface area (Å²) in [7, 11) is 0. The molecule has 1 aromatic carbocycles. The molecule has 1 spiro atoms. The summed E-state index contributed by atoms with van der Waals surface area (Å²) in [5.74, 6) is 1.15. The Morgan fingerprint density at radius 1 is 1.11 bits per heavy atom. The van der Waals surface area contributed by atoms with Gasteiger partial charge in [0.05, 0.1) is 6.54 Å². The minimum absolute atomic E-state index is 0.156. The normalized spacial score (nSPS) is 24.4. The summed E-state index contributed by atoms with van der Waals surface area (Å²) in [5, 5.41) is 0. The van der Waals surface area contributed by atoms with E-state index in [-0.39, 0.29) is 12.0 Å². The minimum Gasteiger partial charge on any atom is -0.352 e. The van der Waals surface area contributed by atoms with Crippen molar-refractivity contribution in [3.05, 3.63) is 54.1 Å². The molecule has 0 N–H and O–H groups in total. The molecule has 1 aromatic heterocycles. The number of benzene rings is 1. The Hall–Kier alpha value is -2.18. The van der Waals surface area contributed by atoms with Gasteiger partial charge in [-0.3, -0.25) is 9.69 Å². The molecule has 6 heteroatoms. The molecule has 5 rings (SSSR count). The van der Waals surface area contributed by atoms with Crippen LogP contribution < -0.4 is 0 Å². The van der Waals surface area contributed by atoms with Crippen molar-refractivity contribution < 1.29 is 9.53 Å². The van der Waals surface area contributed by atoms with Gasteiger partial charge in [0.2, 0.25) is 0 Å². The van der Waals surface area contributed by atoms with Crippen molar-refractivity contribution in [1.82, 2.24) is 19.4 Å². The van der Waals surface area contributed by atoms with Gasteiger partial charge in [0, 0.05) is 45.1 Å². The number of ether oxygens (including phenoxy) is 1. The second-order valence-corrected chi connectivity index (χ2v) is 8.30. The maximum atomic E-state index is 13.0. The minimum atomic E-state index is -0.436. The Bertz CT molecular complexity index is 820. The average Bonchev–Trinajstić information content (AvgIpc) is 3.42. The zero-order valence-electron chi connectivity index (χ0n) is 16.3. The Morgan fingerprint density at radius 3 is 2.61 bits per heavy atom. The smallest absolute Gasteiger partial charge is 0.253 e. The molecule has 28 heavy (non-hydrogen) atoms. The lowest BCUT2D eigenvalue weighted by Crippen LogP contribution is -2.54. The van der Waals surface area contributed by atoms with Gasteiger partial charge in [-0.2, -0.15) is 0 Å². The third-order valence-electron chi connectivity index (χ3n) is 6.46. The number of piperidine rings is 1. The highest BCUT2D eigenvalue weighted by atomic mass is 16.5. The molecule has 1 amide bonds. The van der Waals surface area contributed by atoms with Gasteiger partial charge in [0.15, 0.2) is 6.10 Å². The molecule has 0 bridgehead atoms. The van der Waals surface area contributed by atoms with Gasteiger partial charge in [-0.15, -0.1) is 0 Å². The summed E-state index contributed by atoms with van der Waals surface area (Å²) in [4.78, 5) is 22.1. The monoisotopic (exact) mass is 380 g/mol. The van der Waals surface area contributed by atoms with Gasteiger partial charge in [0.1, 0.15) is 11.4 Å². The molecule has 1 atom stereocenters. The molecule has 3 aliphatic heterocycles. The van der Waals surface area contributed by atoms with E-state index in [9.17, 15) is 4.79 Å². The van der Waals surface area contributed by atoms with Crippen LogP contribution in [0.5, 0.6) is 0 Å². The predicted molar refractivity (Wildman–Crippen MR) is 106 cm³/mol. The van der Waals surface area contributed by atoms with Crippen molar-refractivity contribution in [3.63, 3.8) is 0 Å². The van der Waals surface area contributed by atoms with Crippen LogP contribution in [0.4, 0.5) is 0 Å². The van der Waals surface area contributed by atoms with Crippen LogP contribution >= 0.6 is 0 Å². The fourth-order valence-electron chi connectivity index (χ4n) is 4.92. The number of carbonyl (C=O) groups is 1. The molecular weight excluding hydrogens is 352 g/mol. The largest absolute Gasteiger partial charge is 0.352 e. The Morgan fingerprint density at radius 2 is 1.86 bits per heavy atom. The van der Waals surface area contributed by atoms with Crippen molar-refractivity contribution >= 4 is 5.91 Å². The lowest BCUT2D eigenvalue weighted by molar-refractivity contribution is -0.180. The molecular formula is C22H28N4O2. The molecule has 0 radical (unpaired) electrons. The Labute approximate surface area is 166 Å². The molecule has 1 unspecified atom stereocenters. The zero-order chi connectivity index (χ0) is 19.0. The number of hydrogen-bond acceptors (Lipinski definition) is 4. The predicted octanol–water partition coefficient (Wildman–Crippen LogP) is 2.40. The summed E-state index contributed by atoms with van der Waals surface area (Å²) in [6.45, 7) is 5.18. The number of rotatable bonds is 3. The first-order valence-electron chi connectivity index (χ1n) is 10.5. The molecule has 6 nitrogen and oxygen atoms in total. The quantitative estimate of drug-likeness (QED) is 0.821. The number of carbonyl (C=O) groups excluding carboxylic acids is 1. The maximum absolute atomic E-state index is 13.0. The van der Waals surface area contributed by atoms with Crippen LogP contribution in [0.1, 0.15) is 37.1 Å². The first kappa shape index (κ1) is 17.9. The summed E-state index contributed by atoms with van der Waals surface area (Å²) in [6, 6.07) is 10.6. The van der Waals surface area contributed by atoms with Crippen LogP contribution in [-0.2, 0) is 28.2 Å². The molecule has 0 saturated carbocycles. The third-order valence-corrected chi connectivity index (χ3v) is 6.46. The van der Waals surface area contributed by atoms with Crippen LogP contribution in [0.25, 0.3) is 0 Å². The number of fused-ring (bicyclic) bond motifs is 2. The van der Waals surface area contributed by atoms with E-state index >= 15 is 0 Å². The zero-order valence-corrected chi connectivity index (χ0v) is 16.3. The fourth-order valence-corrected chi connectivity index (χ4v) is 4.92. The summed E-state index contributed by atoms with van der Waals surface area (Å²) >= 11 is 0. The van der Waals surface area contributed by atoms with Crippen molar-refractivity contribution in [3.8, 4) is 0 Å². The van der Waals surface area contributed by atoms with E-state index in [2.05, 4.69) is 44.8 Å². The van der Waals surface area contributed by atoms with E-state index in [1.54, 1.807) is 0 Å². The van der Waals surface area contributed by atoms with Crippen molar-refractivity contribution in [1.29, 1.82) is 0 Å². The number of likely N-dealkylation sites (tertiary alicyclic amines) is 2. The van der Waals surface area contributed by atoms with Crippen molar-refractivity contribution in [2.75, 3.05) is 26.2 Å². The van der Waals surface area contributed by atoms with Crippen LogP contribution in [0.15, 0.2) is 42.7 Å². The highest BCUT2D eigenvalue weighted by molar-refractivity contribution is 5.81. The lowest BCUT2D eigenvalue weighted by atomic mass is 9.88. The number of nitrogens with zero attached hydrogens (tertiary/aromatic N) is 4. The topological polar surface area (TPSA) is 50.6 Å². The van der Waals surface area contributed by atoms with Gasteiger partial charge in [-0.25, -0.2) is 4.98 Å². The molecule has 2 fully saturated rings. The molecule has 2 aromatic rings. The van der Waals surface area contributed by atoms with Gasteiger partial charge < -0.3 is 14.2 Å². The van der Waals surface area contributed by atoms with Crippen molar-refractivity contribution in [2.24, 2.45) is 0 Å². The Kier molecular flexibility index (Phi) is 4.69. The van der Waals surface area contributed by atoms with E-state index in [0.29, 0.717) is 6.54 Å². The van der Waals surface area contributed by atoms with Gasteiger partial charge in [-0.1, -0.05) is 30.3 Å². The van der Waals surface area contributed by atoms with E-state index < -0.39 is 5.60 Å². The molecule has 2 saturated heterocycles. The summed E-state index contributed by atoms with van der Waals surface area (Å²) in [5.41, 5.74) is 0.904. The van der Waals surface area contributed by atoms with Gasteiger partial charge in [0.25, 0.3) is 5.91 Å². The first-order chi connectivity index (χ1) is 13.7. The Balaban J connectivity index is 1.32. The lowest BCUT2D eigenvalue weighted by Gasteiger charge is -2.46. The maximum Gasteiger partial charge on any atom is 0.253 e. The number of hydrogen-bond donors (Lipinski definition) is 0. The fraction of sp³-hybridized carbons (Fsp3) is 0.545. The SMILES string of the molecule is O=C(C1Cn2ccnc2C2(CCN(Cc3ccccc3)CC2)O1)N1CCCC1. The van der Waals surface area contributed by atoms with E-state index in [0.717, 1.165) is 64.2 Å². The van der Waals surface area contributed by atoms with Gasteiger partial charge >= 0.3 is 0 Å². The number of amides is 1. The van der Waals surface area contributed by atoms with Crippen LogP contribution in [0, 0.1) is 0 Å². The average molecular weight is 380 g/mol.